The quantitative estimate of drug-likeness (QED) is 0.702. The Hall–Kier alpha value is -2.40. The predicted octanol–water partition coefficient (Wildman–Crippen LogP) is 4.49. The van der Waals surface area contributed by atoms with Gasteiger partial charge in [-0.05, 0) is 36.2 Å². The second kappa shape index (κ2) is 6.79. The second-order valence-electron chi connectivity index (χ2n) is 5.74. The molecule has 2 heterocycles. The lowest BCUT2D eigenvalue weighted by Crippen LogP contribution is -2.06. The molecule has 118 valence electrons. The number of pyridine rings is 1. The maximum atomic E-state index is 6.10. The van der Waals surface area contributed by atoms with Crippen LogP contribution >= 0.6 is 11.3 Å². The molecule has 0 aliphatic heterocycles. The first-order chi connectivity index (χ1) is 11.1. The van der Waals surface area contributed by atoms with E-state index in [1.54, 1.807) is 17.5 Å². The van der Waals surface area contributed by atoms with Crippen molar-refractivity contribution in [3.05, 3.63) is 48.1 Å². The first-order valence-corrected chi connectivity index (χ1v) is 8.40. The van der Waals surface area contributed by atoms with Crippen molar-refractivity contribution in [2.45, 2.75) is 13.8 Å². The highest BCUT2D eigenvalue weighted by Gasteiger charge is 2.09. The summed E-state index contributed by atoms with van der Waals surface area (Å²) in [5.41, 5.74) is 9.69. The Morgan fingerprint density at radius 1 is 1.22 bits per heavy atom. The molecule has 0 atom stereocenters. The van der Waals surface area contributed by atoms with Gasteiger partial charge in [0.05, 0.1) is 18.0 Å². The van der Waals surface area contributed by atoms with Crippen LogP contribution in [0.5, 0.6) is 5.75 Å². The summed E-state index contributed by atoms with van der Waals surface area (Å²) in [4.78, 5) is 8.81. The molecule has 0 spiro atoms. The Labute approximate surface area is 140 Å². The molecule has 0 amide bonds. The highest BCUT2D eigenvalue weighted by molar-refractivity contribution is 7.13. The largest absolute Gasteiger partial charge is 0.491 e. The van der Waals surface area contributed by atoms with Crippen molar-refractivity contribution in [3.63, 3.8) is 0 Å². The Morgan fingerprint density at radius 3 is 2.78 bits per heavy atom. The molecule has 0 saturated heterocycles. The van der Waals surface area contributed by atoms with Crippen molar-refractivity contribution in [1.82, 2.24) is 9.97 Å². The molecule has 0 aliphatic carbocycles. The number of ether oxygens (including phenoxy) is 1. The Morgan fingerprint density at radius 2 is 2.09 bits per heavy atom. The molecule has 0 aliphatic rings. The third-order valence-electron chi connectivity index (χ3n) is 3.29. The molecular weight excluding hydrogens is 306 g/mol. The number of nitrogen functional groups attached to an aromatic ring is 1. The zero-order valence-corrected chi connectivity index (χ0v) is 14.0. The molecule has 0 fully saturated rings. The van der Waals surface area contributed by atoms with Gasteiger partial charge in [0.1, 0.15) is 10.8 Å². The molecule has 0 bridgehead atoms. The number of hydrogen-bond acceptors (Lipinski definition) is 5. The number of rotatable bonds is 5. The number of anilines is 1. The molecule has 23 heavy (non-hydrogen) atoms. The summed E-state index contributed by atoms with van der Waals surface area (Å²) in [7, 11) is 0. The zero-order valence-electron chi connectivity index (χ0n) is 13.2. The third-order valence-corrected chi connectivity index (χ3v) is 4.18. The third kappa shape index (κ3) is 3.68. The van der Waals surface area contributed by atoms with Gasteiger partial charge in [-0.1, -0.05) is 13.8 Å². The van der Waals surface area contributed by atoms with Gasteiger partial charge >= 0.3 is 0 Å². The van der Waals surface area contributed by atoms with E-state index in [1.807, 2.05) is 41.9 Å². The highest BCUT2D eigenvalue weighted by atomic mass is 32.1. The van der Waals surface area contributed by atoms with Crippen molar-refractivity contribution in [2.24, 2.45) is 5.92 Å². The van der Waals surface area contributed by atoms with Crippen molar-refractivity contribution in [3.8, 4) is 27.6 Å². The average Bonchev–Trinajstić information content (AvgIpc) is 3.04. The van der Waals surface area contributed by atoms with E-state index in [0.29, 0.717) is 18.2 Å². The molecule has 3 aromatic rings. The molecule has 2 aromatic heterocycles. The van der Waals surface area contributed by atoms with E-state index in [-0.39, 0.29) is 0 Å². The maximum absolute atomic E-state index is 6.10. The molecule has 0 unspecified atom stereocenters. The van der Waals surface area contributed by atoms with Gasteiger partial charge < -0.3 is 10.5 Å². The summed E-state index contributed by atoms with van der Waals surface area (Å²) >= 11 is 1.60. The minimum atomic E-state index is 0.468. The van der Waals surface area contributed by atoms with E-state index in [2.05, 4.69) is 23.8 Å². The Kier molecular flexibility index (Phi) is 4.57. The van der Waals surface area contributed by atoms with Gasteiger partial charge in [-0.2, -0.15) is 0 Å². The maximum Gasteiger partial charge on any atom is 0.142 e. The van der Waals surface area contributed by atoms with Gasteiger partial charge in [0.15, 0.2) is 0 Å². The smallest absolute Gasteiger partial charge is 0.142 e. The molecule has 2 N–H and O–H groups in total. The summed E-state index contributed by atoms with van der Waals surface area (Å²) in [5, 5.41) is 2.97. The standard InChI is InChI=1S/C18H19N3OS/c1-12(2)10-22-17-6-5-13(8-15(17)19)18-21-16(11-23-18)14-4-3-7-20-9-14/h3-9,11-12H,10,19H2,1-2H3. The number of benzene rings is 1. The Bertz CT molecular complexity index is 784. The number of nitrogens with zero attached hydrogens (tertiary/aromatic N) is 2. The highest BCUT2D eigenvalue weighted by Crippen LogP contribution is 2.32. The van der Waals surface area contributed by atoms with Crippen LogP contribution in [0.1, 0.15) is 13.8 Å². The summed E-state index contributed by atoms with van der Waals surface area (Å²) in [6.45, 7) is 4.88. The van der Waals surface area contributed by atoms with Crippen LogP contribution in [0.25, 0.3) is 21.8 Å². The van der Waals surface area contributed by atoms with E-state index in [1.165, 1.54) is 0 Å². The molecule has 5 heteroatoms. The fourth-order valence-corrected chi connectivity index (χ4v) is 2.95. The first-order valence-electron chi connectivity index (χ1n) is 7.52. The average molecular weight is 325 g/mol. The van der Waals surface area contributed by atoms with Crippen LogP contribution in [0.2, 0.25) is 0 Å². The summed E-state index contributed by atoms with van der Waals surface area (Å²) in [5.74, 6) is 1.20. The summed E-state index contributed by atoms with van der Waals surface area (Å²) in [6, 6.07) is 9.74. The van der Waals surface area contributed by atoms with Gasteiger partial charge in [0.2, 0.25) is 0 Å². The van der Waals surface area contributed by atoms with Crippen LogP contribution in [-0.2, 0) is 0 Å². The van der Waals surface area contributed by atoms with Crippen molar-refractivity contribution in [2.75, 3.05) is 12.3 Å². The van der Waals surface area contributed by atoms with E-state index in [9.17, 15) is 0 Å². The molecule has 3 rings (SSSR count). The first kappa shape index (κ1) is 15.5. The van der Waals surface area contributed by atoms with E-state index < -0.39 is 0 Å². The van der Waals surface area contributed by atoms with E-state index >= 15 is 0 Å². The van der Waals surface area contributed by atoms with Gasteiger partial charge in [-0.3, -0.25) is 4.98 Å². The fourth-order valence-electron chi connectivity index (χ4n) is 2.12. The Balaban J connectivity index is 1.82. The molecule has 0 saturated carbocycles. The zero-order chi connectivity index (χ0) is 16.2. The number of thiazole rings is 1. The second-order valence-corrected chi connectivity index (χ2v) is 6.60. The lowest BCUT2D eigenvalue weighted by atomic mass is 10.2. The van der Waals surface area contributed by atoms with Crippen molar-refractivity contribution < 1.29 is 4.74 Å². The van der Waals surface area contributed by atoms with Gasteiger partial charge in [-0.15, -0.1) is 11.3 Å². The van der Waals surface area contributed by atoms with E-state index in [4.69, 9.17) is 10.5 Å². The van der Waals surface area contributed by atoms with Crippen LogP contribution in [0.15, 0.2) is 48.1 Å². The van der Waals surface area contributed by atoms with Crippen molar-refractivity contribution in [1.29, 1.82) is 0 Å². The molecular formula is C18H19N3OS. The molecule has 0 radical (unpaired) electrons. The molecule has 1 aromatic carbocycles. The van der Waals surface area contributed by atoms with Crippen LogP contribution in [0.3, 0.4) is 0 Å². The monoisotopic (exact) mass is 325 g/mol. The summed E-state index contributed by atoms with van der Waals surface area (Å²) in [6.07, 6.45) is 3.57. The van der Waals surface area contributed by atoms with E-state index in [0.717, 1.165) is 27.6 Å². The van der Waals surface area contributed by atoms with Crippen LogP contribution in [0.4, 0.5) is 5.69 Å². The van der Waals surface area contributed by atoms with Gasteiger partial charge in [-0.25, -0.2) is 4.98 Å². The fraction of sp³-hybridized carbons (Fsp3) is 0.222. The van der Waals surface area contributed by atoms with Gasteiger partial charge in [0.25, 0.3) is 0 Å². The number of aromatic nitrogens is 2. The van der Waals surface area contributed by atoms with Crippen LogP contribution < -0.4 is 10.5 Å². The number of hydrogen-bond donors (Lipinski definition) is 1. The van der Waals surface area contributed by atoms with Gasteiger partial charge in [0, 0.05) is 28.9 Å². The minimum absolute atomic E-state index is 0.468. The van der Waals surface area contributed by atoms with Crippen LogP contribution in [-0.4, -0.2) is 16.6 Å². The lowest BCUT2D eigenvalue weighted by Gasteiger charge is -2.11. The normalized spacial score (nSPS) is 10.9. The topological polar surface area (TPSA) is 61.0 Å². The predicted molar refractivity (Wildman–Crippen MR) is 95.5 cm³/mol. The molecule has 4 nitrogen and oxygen atoms in total. The number of nitrogens with two attached hydrogens (primary N) is 1. The minimum Gasteiger partial charge on any atom is -0.491 e. The lowest BCUT2D eigenvalue weighted by molar-refractivity contribution is 0.272. The summed E-state index contributed by atoms with van der Waals surface area (Å²) < 4.78 is 5.71. The van der Waals surface area contributed by atoms with Crippen LogP contribution in [0, 0.1) is 5.92 Å². The van der Waals surface area contributed by atoms with Crippen molar-refractivity contribution >= 4 is 17.0 Å². The SMILES string of the molecule is CC(C)COc1ccc(-c2nc(-c3cccnc3)cs2)cc1N.